The molecular formula is C31H23ClN8O3. The predicted molar refractivity (Wildman–Crippen MR) is 161 cm³/mol. The largest absolute Gasteiger partial charge is 0.506 e. The van der Waals surface area contributed by atoms with Crippen LogP contribution in [0.5, 0.6) is 5.75 Å². The third-order valence-electron chi connectivity index (χ3n) is 7.56. The number of halogens is 1. The van der Waals surface area contributed by atoms with Gasteiger partial charge in [0.05, 0.1) is 22.2 Å². The van der Waals surface area contributed by atoms with E-state index in [0.29, 0.717) is 46.9 Å². The minimum Gasteiger partial charge on any atom is -0.506 e. The highest BCUT2D eigenvalue weighted by Crippen LogP contribution is 2.36. The summed E-state index contributed by atoms with van der Waals surface area (Å²) in [5.74, 6) is 0.848. The Morgan fingerprint density at radius 3 is 2.77 bits per heavy atom. The van der Waals surface area contributed by atoms with Gasteiger partial charge in [0.1, 0.15) is 17.1 Å². The number of nitrogens with two attached hydrogens (primary N) is 1. The standard InChI is InChI=1S/C31H23ClN8O3/c32-23-15-18(13-19(16-41)27(23)42)31(43)37-24-7-4-17-14-20(5-6-21(17)24)40-29(22-3-1-10-34-28(22)33)36-25-8-9-26(38-30(25)40)39-12-2-11-35-39/h1-3,5-6,8-16,24,42H,4,7H2,(H2,33,34)(H,37,43)/t24-/m0/s1. The average Bonchev–Trinajstić information content (AvgIpc) is 3.77. The number of aldehydes is 1. The number of fused-ring (bicyclic) bond motifs is 2. The number of phenols is 1. The van der Waals surface area contributed by atoms with Crippen molar-refractivity contribution in [2.24, 2.45) is 0 Å². The summed E-state index contributed by atoms with van der Waals surface area (Å²) in [5.41, 5.74) is 11.3. The summed E-state index contributed by atoms with van der Waals surface area (Å²) < 4.78 is 3.64. The third kappa shape index (κ3) is 4.56. The fourth-order valence-electron chi connectivity index (χ4n) is 5.49. The SMILES string of the molecule is Nc1ncccc1-c1nc2ccc(-n3cccn3)nc2n1-c1ccc2c(c1)CC[C@@H]2NC(=O)c1cc(Cl)c(O)c(C=O)c1. The van der Waals surface area contributed by atoms with Crippen molar-refractivity contribution in [3.63, 3.8) is 0 Å². The van der Waals surface area contributed by atoms with Crippen molar-refractivity contribution in [3.8, 4) is 28.6 Å². The molecule has 1 atom stereocenters. The Labute approximate surface area is 249 Å². The second kappa shape index (κ2) is 10.4. The number of aromatic hydroxyl groups is 1. The molecule has 12 heteroatoms. The zero-order chi connectivity index (χ0) is 29.7. The lowest BCUT2D eigenvalue weighted by Crippen LogP contribution is -2.27. The van der Waals surface area contributed by atoms with Gasteiger partial charge in [-0.2, -0.15) is 5.10 Å². The number of carbonyl (C=O) groups excluding carboxylic acids is 2. The normalized spacial score (nSPS) is 14.1. The highest BCUT2D eigenvalue weighted by atomic mass is 35.5. The van der Waals surface area contributed by atoms with Gasteiger partial charge in [0, 0.05) is 29.8 Å². The van der Waals surface area contributed by atoms with E-state index in [1.807, 2.05) is 53.2 Å². The number of amides is 1. The molecular weight excluding hydrogens is 568 g/mol. The van der Waals surface area contributed by atoms with Gasteiger partial charge in [-0.05, 0) is 78.6 Å². The lowest BCUT2D eigenvalue weighted by molar-refractivity contribution is 0.0936. The van der Waals surface area contributed by atoms with Crippen LogP contribution in [0.25, 0.3) is 34.1 Å². The Morgan fingerprint density at radius 2 is 1.98 bits per heavy atom. The molecule has 7 rings (SSSR count). The first-order valence-electron chi connectivity index (χ1n) is 13.4. The highest BCUT2D eigenvalue weighted by molar-refractivity contribution is 6.32. The minimum absolute atomic E-state index is 0.0453. The number of nitrogen functional groups attached to an aromatic ring is 1. The van der Waals surface area contributed by atoms with E-state index in [9.17, 15) is 14.7 Å². The summed E-state index contributed by atoms with van der Waals surface area (Å²) in [6.45, 7) is 0. The Hall–Kier alpha value is -5.55. The summed E-state index contributed by atoms with van der Waals surface area (Å²) in [5, 5.41) is 17.2. The van der Waals surface area contributed by atoms with Gasteiger partial charge in [0.25, 0.3) is 5.91 Å². The molecule has 1 amide bonds. The molecule has 4 N–H and O–H groups in total. The van der Waals surface area contributed by atoms with Crippen molar-refractivity contribution in [2.75, 3.05) is 5.73 Å². The zero-order valence-electron chi connectivity index (χ0n) is 22.5. The van der Waals surface area contributed by atoms with E-state index in [0.717, 1.165) is 23.2 Å². The van der Waals surface area contributed by atoms with Crippen LogP contribution in [0, 0.1) is 0 Å². The summed E-state index contributed by atoms with van der Waals surface area (Å²) >= 11 is 6.03. The summed E-state index contributed by atoms with van der Waals surface area (Å²) in [4.78, 5) is 38.5. The number of imidazole rings is 1. The lowest BCUT2D eigenvalue weighted by atomic mass is 10.1. The second-order valence-electron chi connectivity index (χ2n) is 10.1. The van der Waals surface area contributed by atoms with E-state index in [4.69, 9.17) is 27.3 Å². The summed E-state index contributed by atoms with van der Waals surface area (Å²) in [6.07, 6.45) is 7.03. The molecule has 0 saturated heterocycles. The maximum Gasteiger partial charge on any atom is 0.251 e. The highest BCUT2D eigenvalue weighted by Gasteiger charge is 2.27. The Kier molecular flexibility index (Phi) is 6.36. The average molecular weight is 591 g/mol. The van der Waals surface area contributed by atoms with Crippen molar-refractivity contribution in [3.05, 3.63) is 107 Å². The fourth-order valence-corrected chi connectivity index (χ4v) is 5.71. The van der Waals surface area contributed by atoms with Crippen LogP contribution in [0.4, 0.5) is 5.82 Å². The van der Waals surface area contributed by atoms with E-state index in [2.05, 4.69) is 21.5 Å². The summed E-state index contributed by atoms with van der Waals surface area (Å²) in [7, 11) is 0. The van der Waals surface area contributed by atoms with Gasteiger partial charge in [-0.15, -0.1) is 0 Å². The number of aromatic nitrogens is 6. The molecule has 1 aliphatic carbocycles. The number of carbonyl (C=O) groups is 2. The Morgan fingerprint density at radius 1 is 1.09 bits per heavy atom. The maximum absolute atomic E-state index is 13.1. The molecule has 6 aromatic rings. The number of hydrogen-bond acceptors (Lipinski definition) is 8. The van der Waals surface area contributed by atoms with Gasteiger partial charge >= 0.3 is 0 Å². The number of phenolic OH excluding ortho intramolecular Hbond substituents is 1. The number of hydrogen-bond donors (Lipinski definition) is 3. The van der Waals surface area contributed by atoms with Crippen molar-refractivity contribution in [1.29, 1.82) is 0 Å². The number of anilines is 1. The van der Waals surface area contributed by atoms with Gasteiger partial charge in [-0.1, -0.05) is 17.7 Å². The quantitative estimate of drug-likeness (QED) is 0.233. The smallest absolute Gasteiger partial charge is 0.251 e. The van der Waals surface area contributed by atoms with E-state index >= 15 is 0 Å². The van der Waals surface area contributed by atoms with Crippen LogP contribution in [0.15, 0.2) is 79.3 Å². The van der Waals surface area contributed by atoms with Gasteiger partial charge in [0.2, 0.25) is 0 Å². The first-order chi connectivity index (χ1) is 20.9. The van der Waals surface area contributed by atoms with E-state index < -0.39 is 5.91 Å². The number of rotatable bonds is 6. The molecule has 4 heterocycles. The lowest BCUT2D eigenvalue weighted by Gasteiger charge is -2.16. The zero-order valence-corrected chi connectivity index (χ0v) is 23.2. The summed E-state index contributed by atoms with van der Waals surface area (Å²) in [6, 6.07) is 17.7. The van der Waals surface area contributed by atoms with E-state index in [1.54, 1.807) is 17.1 Å². The van der Waals surface area contributed by atoms with Crippen LogP contribution in [0.3, 0.4) is 0 Å². The van der Waals surface area contributed by atoms with Crippen molar-refractivity contribution >= 4 is 40.8 Å². The first kappa shape index (κ1) is 26.4. The van der Waals surface area contributed by atoms with Crippen LogP contribution >= 0.6 is 11.6 Å². The van der Waals surface area contributed by atoms with Gasteiger partial charge in [-0.25, -0.2) is 19.6 Å². The van der Waals surface area contributed by atoms with Crippen molar-refractivity contribution < 1.29 is 14.7 Å². The molecule has 4 aromatic heterocycles. The monoisotopic (exact) mass is 590 g/mol. The molecule has 11 nitrogen and oxygen atoms in total. The molecule has 0 fully saturated rings. The number of nitrogens with one attached hydrogen (secondary N) is 1. The number of benzene rings is 2. The van der Waals surface area contributed by atoms with Crippen LogP contribution in [-0.2, 0) is 6.42 Å². The van der Waals surface area contributed by atoms with Crippen LogP contribution in [-0.4, -0.2) is 46.6 Å². The van der Waals surface area contributed by atoms with E-state index in [-0.39, 0.29) is 27.9 Å². The predicted octanol–water partition coefficient (Wildman–Crippen LogP) is 4.84. The molecule has 43 heavy (non-hydrogen) atoms. The molecule has 0 radical (unpaired) electrons. The number of aryl methyl sites for hydroxylation is 1. The molecule has 0 bridgehead atoms. The van der Waals surface area contributed by atoms with Gasteiger partial charge in [-0.3, -0.25) is 14.2 Å². The Balaban J connectivity index is 1.28. The first-order valence-corrected chi connectivity index (χ1v) is 13.8. The van der Waals surface area contributed by atoms with Crippen molar-refractivity contribution in [1.82, 2.24) is 34.6 Å². The second-order valence-corrected chi connectivity index (χ2v) is 10.5. The fraction of sp³-hybridized carbons (Fsp3) is 0.0968. The molecule has 0 saturated carbocycles. The molecule has 0 aliphatic heterocycles. The molecule has 2 aromatic carbocycles. The van der Waals surface area contributed by atoms with Crippen LogP contribution in [0.2, 0.25) is 5.02 Å². The topological polar surface area (TPSA) is 154 Å². The number of pyridine rings is 2. The van der Waals surface area contributed by atoms with Gasteiger partial charge in [0.15, 0.2) is 23.6 Å². The molecule has 1 aliphatic rings. The Bertz CT molecular complexity index is 2050. The third-order valence-corrected chi connectivity index (χ3v) is 7.85. The van der Waals surface area contributed by atoms with E-state index in [1.165, 1.54) is 12.1 Å². The number of nitrogens with zero attached hydrogens (tertiary/aromatic N) is 6. The maximum atomic E-state index is 13.1. The van der Waals surface area contributed by atoms with Crippen LogP contribution in [0.1, 0.15) is 44.3 Å². The van der Waals surface area contributed by atoms with Crippen molar-refractivity contribution in [2.45, 2.75) is 18.9 Å². The molecule has 212 valence electrons. The van der Waals surface area contributed by atoms with Crippen LogP contribution < -0.4 is 11.1 Å². The molecule has 0 unspecified atom stereocenters. The minimum atomic E-state index is -0.391. The molecule has 0 spiro atoms. The van der Waals surface area contributed by atoms with Gasteiger partial charge < -0.3 is 16.2 Å².